The number of hydrogen-bond acceptors (Lipinski definition) is 2. The van der Waals surface area contributed by atoms with E-state index in [9.17, 15) is 9.59 Å². The molecule has 1 saturated carbocycles. The van der Waals surface area contributed by atoms with Crippen LogP contribution >= 0.6 is 0 Å². The highest BCUT2D eigenvalue weighted by Gasteiger charge is 2.33. The van der Waals surface area contributed by atoms with Crippen LogP contribution in [0, 0.1) is 11.3 Å². The van der Waals surface area contributed by atoms with Gasteiger partial charge in [0, 0.05) is 11.5 Å². The van der Waals surface area contributed by atoms with Gasteiger partial charge in [-0.05, 0) is 25.7 Å². The average molecular weight is 227 g/mol. The zero-order valence-corrected chi connectivity index (χ0v) is 10.2. The maximum Gasteiger partial charge on any atom is 0.306 e. The second kappa shape index (κ2) is 4.85. The Morgan fingerprint density at radius 2 is 2.00 bits per heavy atom. The Balaban J connectivity index is 2.46. The molecule has 4 nitrogen and oxygen atoms in total. The molecular formula is C12H21NO3. The van der Waals surface area contributed by atoms with Gasteiger partial charge in [-0.15, -0.1) is 0 Å². The largest absolute Gasteiger partial charge is 0.481 e. The molecule has 0 aromatic heterocycles. The van der Waals surface area contributed by atoms with Crippen molar-refractivity contribution in [2.75, 3.05) is 0 Å². The summed E-state index contributed by atoms with van der Waals surface area (Å²) in [5, 5.41) is 11.8. The first-order chi connectivity index (χ1) is 7.36. The van der Waals surface area contributed by atoms with Gasteiger partial charge in [-0.1, -0.05) is 20.8 Å². The quantitative estimate of drug-likeness (QED) is 0.769. The molecule has 1 aliphatic rings. The summed E-state index contributed by atoms with van der Waals surface area (Å²) in [6.07, 6.45) is 2.81. The molecule has 0 spiro atoms. The van der Waals surface area contributed by atoms with Gasteiger partial charge in [-0.3, -0.25) is 9.59 Å². The van der Waals surface area contributed by atoms with E-state index in [1.54, 1.807) is 0 Å². The fourth-order valence-corrected chi connectivity index (χ4v) is 1.88. The van der Waals surface area contributed by atoms with Gasteiger partial charge in [-0.2, -0.15) is 0 Å². The standard InChI is InChI=1S/C12H21NO3/c1-4-12(2,3)11(16)13-9-6-5-8(7-9)10(14)15/h8-9H,4-7H2,1-3H3,(H,13,16)(H,14,15)/t8-,9+/m1/s1. The number of rotatable bonds is 4. The summed E-state index contributed by atoms with van der Waals surface area (Å²) in [5.74, 6) is -0.993. The fraction of sp³-hybridized carbons (Fsp3) is 0.833. The van der Waals surface area contributed by atoms with Crippen LogP contribution in [0.15, 0.2) is 0 Å². The minimum atomic E-state index is -0.744. The fourth-order valence-electron chi connectivity index (χ4n) is 1.88. The molecule has 1 amide bonds. The van der Waals surface area contributed by atoms with Crippen molar-refractivity contribution in [1.29, 1.82) is 0 Å². The molecular weight excluding hydrogens is 206 g/mol. The van der Waals surface area contributed by atoms with Crippen LogP contribution in [0.25, 0.3) is 0 Å². The van der Waals surface area contributed by atoms with Crippen LogP contribution in [0.3, 0.4) is 0 Å². The zero-order valence-electron chi connectivity index (χ0n) is 10.2. The van der Waals surface area contributed by atoms with Crippen LogP contribution in [0.2, 0.25) is 0 Å². The smallest absolute Gasteiger partial charge is 0.306 e. The number of amides is 1. The Morgan fingerprint density at radius 3 is 2.44 bits per heavy atom. The monoisotopic (exact) mass is 227 g/mol. The molecule has 2 atom stereocenters. The zero-order chi connectivity index (χ0) is 12.3. The average Bonchev–Trinajstić information content (AvgIpc) is 2.66. The molecule has 0 heterocycles. The summed E-state index contributed by atoms with van der Waals surface area (Å²) < 4.78 is 0. The summed E-state index contributed by atoms with van der Waals surface area (Å²) in [5.41, 5.74) is -0.360. The molecule has 0 aliphatic heterocycles. The van der Waals surface area contributed by atoms with Crippen molar-refractivity contribution in [3.8, 4) is 0 Å². The Kier molecular flexibility index (Phi) is 3.94. The molecule has 0 aromatic rings. The SMILES string of the molecule is CCC(C)(C)C(=O)N[C@H]1CC[C@@H](C(=O)O)C1. The van der Waals surface area contributed by atoms with E-state index in [1.165, 1.54) is 0 Å². The number of aliphatic carboxylic acids is 1. The van der Waals surface area contributed by atoms with Crippen molar-refractivity contribution in [3.63, 3.8) is 0 Å². The van der Waals surface area contributed by atoms with Crippen molar-refractivity contribution in [1.82, 2.24) is 5.32 Å². The normalized spacial score (nSPS) is 25.4. The number of carboxylic acid groups (broad SMARTS) is 1. The van der Waals surface area contributed by atoms with Crippen molar-refractivity contribution < 1.29 is 14.7 Å². The van der Waals surface area contributed by atoms with Gasteiger partial charge in [0.05, 0.1) is 5.92 Å². The number of carbonyl (C=O) groups is 2. The van der Waals surface area contributed by atoms with E-state index in [1.807, 2.05) is 20.8 Å². The van der Waals surface area contributed by atoms with E-state index < -0.39 is 5.97 Å². The van der Waals surface area contributed by atoms with Gasteiger partial charge >= 0.3 is 5.97 Å². The van der Waals surface area contributed by atoms with Gasteiger partial charge in [0.2, 0.25) is 5.91 Å². The van der Waals surface area contributed by atoms with Gasteiger partial charge in [0.25, 0.3) is 0 Å². The molecule has 0 bridgehead atoms. The molecule has 0 unspecified atom stereocenters. The first kappa shape index (κ1) is 13.0. The summed E-state index contributed by atoms with van der Waals surface area (Å²) in [6, 6.07) is 0.0411. The van der Waals surface area contributed by atoms with Crippen molar-refractivity contribution in [2.24, 2.45) is 11.3 Å². The Morgan fingerprint density at radius 1 is 1.38 bits per heavy atom. The van der Waals surface area contributed by atoms with Gasteiger partial charge in [0.1, 0.15) is 0 Å². The summed E-state index contributed by atoms with van der Waals surface area (Å²) in [4.78, 5) is 22.6. The Hall–Kier alpha value is -1.06. The van der Waals surface area contributed by atoms with Gasteiger partial charge in [0.15, 0.2) is 0 Å². The first-order valence-corrected chi connectivity index (χ1v) is 5.90. The number of hydrogen-bond donors (Lipinski definition) is 2. The molecule has 0 saturated heterocycles. The molecule has 16 heavy (non-hydrogen) atoms. The predicted octanol–water partition coefficient (Wildman–Crippen LogP) is 1.79. The maximum atomic E-state index is 11.9. The highest BCUT2D eigenvalue weighted by atomic mass is 16.4. The highest BCUT2D eigenvalue weighted by molar-refractivity contribution is 5.82. The molecule has 1 aliphatic carbocycles. The van der Waals surface area contributed by atoms with Crippen LogP contribution in [0.5, 0.6) is 0 Å². The topological polar surface area (TPSA) is 66.4 Å². The predicted molar refractivity (Wildman–Crippen MR) is 61.0 cm³/mol. The molecule has 0 radical (unpaired) electrons. The van der Waals surface area contributed by atoms with E-state index in [2.05, 4.69) is 5.32 Å². The van der Waals surface area contributed by atoms with Gasteiger partial charge in [-0.25, -0.2) is 0 Å². The third kappa shape index (κ3) is 2.97. The lowest BCUT2D eigenvalue weighted by Gasteiger charge is -2.24. The van der Waals surface area contributed by atoms with E-state index in [0.717, 1.165) is 12.8 Å². The third-order valence-electron chi connectivity index (χ3n) is 3.62. The molecule has 4 heteroatoms. The Bertz CT molecular complexity index is 286. The lowest BCUT2D eigenvalue weighted by Crippen LogP contribution is -2.41. The van der Waals surface area contributed by atoms with Crippen LogP contribution in [-0.2, 0) is 9.59 Å². The number of nitrogens with one attached hydrogen (secondary N) is 1. The lowest BCUT2D eigenvalue weighted by atomic mass is 9.89. The molecule has 2 N–H and O–H groups in total. The molecule has 92 valence electrons. The number of carbonyl (C=O) groups excluding carboxylic acids is 1. The summed E-state index contributed by atoms with van der Waals surface area (Å²) in [6.45, 7) is 5.80. The minimum Gasteiger partial charge on any atom is -0.481 e. The number of carboxylic acids is 1. The molecule has 0 aromatic carbocycles. The Labute approximate surface area is 96.4 Å². The molecule has 1 rings (SSSR count). The van der Waals surface area contributed by atoms with Crippen molar-refractivity contribution in [3.05, 3.63) is 0 Å². The maximum absolute atomic E-state index is 11.9. The van der Waals surface area contributed by atoms with Crippen molar-refractivity contribution >= 4 is 11.9 Å². The molecule has 1 fully saturated rings. The van der Waals surface area contributed by atoms with Crippen LogP contribution in [0.4, 0.5) is 0 Å². The van der Waals surface area contributed by atoms with E-state index >= 15 is 0 Å². The van der Waals surface area contributed by atoms with E-state index in [-0.39, 0.29) is 23.3 Å². The van der Waals surface area contributed by atoms with Gasteiger partial charge < -0.3 is 10.4 Å². The summed E-state index contributed by atoms with van der Waals surface area (Å²) in [7, 11) is 0. The van der Waals surface area contributed by atoms with E-state index in [4.69, 9.17) is 5.11 Å². The first-order valence-electron chi connectivity index (χ1n) is 5.90. The van der Waals surface area contributed by atoms with Crippen LogP contribution in [0.1, 0.15) is 46.5 Å². The van der Waals surface area contributed by atoms with Crippen molar-refractivity contribution in [2.45, 2.75) is 52.5 Å². The van der Waals surface area contributed by atoms with Crippen LogP contribution in [-0.4, -0.2) is 23.0 Å². The highest BCUT2D eigenvalue weighted by Crippen LogP contribution is 2.27. The minimum absolute atomic E-state index is 0.0334. The lowest BCUT2D eigenvalue weighted by molar-refractivity contribution is -0.141. The third-order valence-corrected chi connectivity index (χ3v) is 3.62. The van der Waals surface area contributed by atoms with E-state index in [0.29, 0.717) is 12.8 Å². The van der Waals surface area contributed by atoms with Crippen LogP contribution < -0.4 is 5.32 Å². The second-order valence-corrected chi connectivity index (χ2v) is 5.26. The summed E-state index contributed by atoms with van der Waals surface area (Å²) >= 11 is 0. The second-order valence-electron chi connectivity index (χ2n) is 5.26.